The zero-order chi connectivity index (χ0) is 14.4. The van der Waals surface area contributed by atoms with Crippen molar-refractivity contribution in [2.24, 2.45) is 5.73 Å². The maximum Gasteiger partial charge on any atom is 0.237 e. The van der Waals surface area contributed by atoms with Gasteiger partial charge in [-0.3, -0.25) is 4.79 Å². The Morgan fingerprint density at radius 3 is 2.80 bits per heavy atom. The zero-order valence-electron chi connectivity index (χ0n) is 11.5. The van der Waals surface area contributed by atoms with Gasteiger partial charge in [-0.05, 0) is 18.4 Å². The van der Waals surface area contributed by atoms with Crippen molar-refractivity contribution in [2.75, 3.05) is 0 Å². The van der Waals surface area contributed by atoms with Crippen molar-refractivity contribution in [3.8, 4) is 0 Å². The summed E-state index contributed by atoms with van der Waals surface area (Å²) in [4.78, 5) is 16.3. The van der Waals surface area contributed by atoms with Gasteiger partial charge in [0.05, 0.1) is 23.3 Å². The van der Waals surface area contributed by atoms with Gasteiger partial charge in [0.2, 0.25) is 5.91 Å². The minimum atomic E-state index is -0.526. The molecule has 0 saturated heterocycles. The number of carbonyl (C=O) groups is 1. The highest BCUT2D eigenvalue weighted by Crippen LogP contribution is 2.10. The Kier molecular flexibility index (Phi) is 5.26. The van der Waals surface area contributed by atoms with E-state index >= 15 is 0 Å². The second kappa shape index (κ2) is 7.17. The molecule has 0 spiro atoms. The molecule has 0 bridgehead atoms. The summed E-state index contributed by atoms with van der Waals surface area (Å²) in [5.41, 5.74) is 7.88. The molecule has 3 N–H and O–H groups in total. The lowest BCUT2D eigenvalue weighted by molar-refractivity contribution is -0.122. The largest absolute Gasteiger partial charge is 0.349 e. The molecule has 0 aliphatic heterocycles. The average molecular weight is 289 g/mol. The highest BCUT2D eigenvalue weighted by molar-refractivity contribution is 7.09. The van der Waals surface area contributed by atoms with Gasteiger partial charge in [-0.2, -0.15) is 0 Å². The van der Waals surface area contributed by atoms with E-state index in [4.69, 9.17) is 5.73 Å². The fourth-order valence-corrected chi connectivity index (χ4v) is 2.61. The Balaban J connectivity index is 1.82. The van der Waals surface area contributed by atoms with Crippen molar-refractivity contribution < 1.29 is 4.79 Å². The summed E-state index contributed by atoms with van der Waals surface area (Å²) in [5, 5.41) is 5.90. The van der Waals surface area contributed by atoms with Crippen LogP contribution in [0.4, 0.5) is 0 Å². The van der Waals surface area contributed by atoms with Gasteiger partial charge < -0.3 is 11.1 Å². The van der Waals surface area contributed by atoms with Gasteiger partial charge in [0.15, 0.2) is 0 Å². The van der Waals surface area contributed by atoms with Crippen LogP contribution in [0.3, 0.4) is 0 Å². The normalized spacial score (nSPS) is 12.1. The highest BCUT2D eigenvalue weighted by Gasteiger charge is 2.14. The second-order valence-electron chi connectivity index (χ2n) is 4.60. The summed E-state index contributed by atoms with van der Waals surface area (Å²) in [6, 6.07) is 9.26. The number of nitrogens with two attached hydrogens (primary N) is 1. The molecule has 1 unspecified atom stereocenters. The molecule has 1 aromatic carbocycles. The Labute approximate surface area is 123 Å². The van der Waals surface area contributed by atoms with Crippen LogP contribution in [0.15, 0.2) is 35.7 Å². The zero-order valence-corrected chi connectivity index (χ0v) is 12.3. The molecule has 1 aromatic heterocycles. The molecular formula is C15H19N3OS. The van der Waals surface area contributed by atoms with E-state index < -0.39 is 6.04 Å². The Hall–Kier alpha value is -1.72. The van der Waals surface area contributed by atoms with Crippen molar-refractivity contribution in [2.45, 2.75) is 32.4 Å². The van der Waals surface area contributed by atoms with Crippen molar-refractivity contribution in [1.82, 2.24) is 10.3 Å². The molecule has 5 heteroatoms. The first kappa shape index (κ1) is 14.7. The Bertz CT molecular complexity index is 553. The van der Waals surface area contributed by atoms with E-state index in [1.54, 1.807) is 11.3 Å². The Morgan fingerprint density at radius 1 is 1.40 bits per heavy atom. The number of hydrogen-bond acceptors (Lipinski definition) is 4. The van der Waals surface area contributed by atoms with Crippen LogP contribution in [0, 0.1) is 0 Å². The van der Waals surface area contributed by atoms with Crippen LogP contribution in [0.1, 0.15) is 23.2 Å². The molecule has 2 rings (SSSR count). The quantitative estimate of drug-likeness (QED) is 0.853. The molecule has 1 heterocycles. The van der Waals surface area contributed by atoms with Crippen LogP contribution in [0.2, 0.25) is 0 Å². The second-order valence-corrected chi connectivity index (χ2v) is 5.54. The third kappa shape index (κ3) is 4.15. The van der Waals surface area contributed by atoms with E-state index in [0.29, 0.717) is 13.0 Å². The van der Waals surface area contributed by atoms with Crippen LogP contribution in [0.5, 0.6) is 0 Å². The van der Waals surface area contributed by atoms with Gasteiger partial charge in [0.1, 0.15) is 0 Å². The van der Waals surface area contributed by atoms with E-state index in [-0.39, 0.29) is 5.91 Å². The predicted octanol–water partition coefficient (Wildman–Crippen LogP) is 1.89. The predicted molar refractivity (Wildman–Crippen MR) is 81.5 cm³/mol. The number of thiazole rings is 1. The minimum Gasteiger partial charge on any atom is -0.349 e. The lowest BCUT2D eigenvalue weighted by Crippen LogP contribution is -2.41. The lowest BCUT2D eigenvalue weighted by atomic mass is 10.1. The molecule has 0 radical (unpaired) electrons. The van der Waals surface area contributed by atoms with Crippen LogP contribution in [-0.2, 0) is 24.2 Å². The molecule has 2 aromatic rings. The highest BCUT2D eigenvalue weighted by atomic mass is 32.1. The monoisotopic (exact) mass is 289 g/mol. The molecule has 1 amide bonds. The fraction of sp³-hybridized carbons (Fsp3) is 0.333. The van der Waals surface area contributed by atoms with Crippen molar-refractivity contribution in [3.63, 3.8) is 0 Å². The maximum atomic E-state index is 11.9. The van der Waals surface area contributed by atoms with Crippen LogP contribution in [-0.4, -0.2) is 16.9 Å². The molecule has 0 saturated carbocycles. The topological polar surface area (TPSA) is 68.0 Å². The number of amides is 1. The number of carbonyl (C=O) groups excluding carboxylic acids is 1. The lowest BCUT2D eigenvalue weighted by Gasteiger charge is -2.11. The van der Waals surface area contributed by atoms with E-state index in [9.17, 15) is 4.79 Å². The third-order valence-electron chi connectivity index (χ3n) is 2.98. The van der Waals surface area contributed by atoms with Gasteiger partial charge in [-0.15, -0.1) is 11.3 Å². The molecule has 106 valence electrons. The minimum absolute atomic E-state index is 0.139. The van der Waals surface area contributed by atoms with Crippen LogP contribution in [0.25, 0.3) is 0 Å². The molecule has 20 heavy (non-hydrogen) atoms. The first-order valence-electron chi connectivity index (χ1n) is 6.69. The number of rotatable bonds is 6. The average Bonchev–Trinajstić information content (AvgIpc) is 2.93. The SMILES string of the molecule is CCc1nc(CNC(=O)C(N)Cc2ccccc2)cs1. The summed E-state index contributed by atoms with van der Waals surface area (Å²) in [7, 11) is 0. The van der Waals surface area contributed by atoms with Gasteiger partial charge >= 0.3 is 0 Å². The molecular weight excluding hydrogens is 270 g/mol. The number of aryl methyl sites for hydroxylation is 1. The van der Waals surface area contributed by atoms with Gasteiger partial charge in [-0.25, -0.2) is 4.98 Å². The summed E-state index contributed by atoms with van der Waals surface area (Å²) >= 11 is 1.62. The molecule has 0 aliphatic carbocycles. The number of benzene rings is 1. The number of nitrogens with zero attached hydrogens (tertiary/aromatic N) is 1. The first-order chi connectivity index (χ1) is 9.69. The van der Waals surface area contributed by atoms with Crippen LogP contribution < -0.4 is 11.1 Å². The third-order valence-corrected chi connectivity index (χ3v) is 4.02. The number of nitrogens with one attached hydrogen (secondary N) is 1. The summed E-state index contributed by atoms with van der Waals surface area (Å²) in [6.45, 7) is 2.51. The van der Waals surface area contributed by atoms with Crippen molar-refractivity contribution in [1.29, 1.82) is 0 Å². The fourth-order valence-electron chi connectivity index (χ4n) is 1.86. The first-order valence-corrected chi connectivity index (χ1v) is 7.57. The molecule has 0 aliphatic rings. The smallest absolute Gasteiger partial charge is 0.237 e. The van der Waals surface area contributed by atoms with Crippen molar-refractivity contribution >= 4 is 17.2 Å². The van der Waals surface area contributed by atoms with Crippen molar-refractivity contribution in [3.05, 3.63) is 52.0 Å². The van der Waals surface area contributed by atoms with Gasteiger partial charge in [-0.1, -0.05) is 37.3 Å². The number of aromatic nitrogens is 1. The van der Waals surface area contributed by atoms with E-state index in [1.807, 2.05) is 35.7 Å². The molecule has 4 nitrogen and oxygen atoms in total. The standard InChI is InChI=1S/C15H19N3OS/c1-2-14-18-12(10-20-14)9-17-15(19)13(16)8-11-6-4-3-5-7-11/h3-7,10,13H,2,8-9,16H2,1H3,(H,17,19). The van der Waals surface area contributed by atoms with E-state index in [0.717, 1.165) is 22.7 Å². The van der Waals surface area contributed by atoms with E-state index in [1.165, 1.54) is 0 Å². The summed E-state index contributed by atoms with van der Waals surface area (Å²) in [6.07, 6.45) is 1.47. The molecule has 1 atom stereocenters. The van der Waals surface area contributed by atoms with Gasteiger partial charge in [0.25, 0.3) is 0 Å². The summed E-state index contributed by atoms with van der Waals surface area (Å²) < 4.78 is 0. The van der Waals surface area contributed by atoms with Crippen LogP contribution >= 0.6 is 11.3 Å². The van der Waals surface area contributed by atoms with Gasteiger partial charge in [0, 0.05) is 5.38 Å². The molecule has 0 fully saturated rings. The summed E-state index contributed by atoms with van der Waals surface area (Å²) in [5.74, 6) is -0.139. The Morgan fingerprint density at radius 2 is 2.15 bits per heavy atom. The number of hydrogen-bond donors (Lipinski definition) is 2. The van der Waals surface area contributed by atoms with E-state index in [2.05, 4.69) is 17.2 Å². The maximum absolute atomic E-state index is 11.9.